The average Bonchev–Trinajstić information content (AvgIpc) is 2.81. The lowest BCUT2D eigenvalue weighted by Gasteiger charge is -1.99. The zero-order chi connectivity index (χ0) is 14.5. The van der Waals surface area contributed by atoms with Crippen molar-refractivity contribution in [2.75, 3.05) is 5.75 Å². The quantitative estimate of drug-likeness (QED) is 0.597. The molecule has 1 aromatic heterocycles. The van der Waals surface area contributed by atoms with Gasteiger partial charge in [-0.3, -0.25) is 9.59 Å². The van der Waals surface area contributed by atoms with Crippen molar-refractivity contribution in [2.24, 2.45) is 0 Å². The van der Waals surface area contributed by atoms with E-state index in [-0.39, 0.29) is 11.6 Å². The summed E-state index contributed by atoms with van der Waals surface area (Å²) in [6, 6.07) is 9.28. The molecule has 3 nitrogen and oxygen atoms in total. The number of carbonyl (C=O) groups excluding carboxylic acids is 2. The Morgan fingerprint density at radius 3 is 2.55 bits per heavy atom. The molecule has 0 bridgehead atoms. The van der Waals surface area contributed by atoms with Crippen LogP contribution >= 0.6 is 23.1 Å². The van der Waals surface area contributed by atoms with Crippen LogP contribution < -0.4 is 0 Å². The fourth-order valence-corrected chi connectivity index (χ4v) is 3.85. The fraction of sp³-hybridized carbons (Fsp3) is 0.267. The number of hydrogen-bond donors (Lipinski definition) is 0. The summed E-state index contributed by atoms with van der Waals surface area (Å²) in [5.74, 6) is 0.864. The number of carbonyl (C=O) groups is 2. The number of benzene rings is 1. The first-order chi connectivity index (χ1) is 9.58. The number of rotatable bonds is 6. The zero-order valence-electron chi connectivity index (χ0n) is 11.4. The third-order valence-corrected chi connectivity index (χ3v) is 5.15. The minimum atomic E-state index is 0.0483. The second kappa shape index (κ2) is 6.81. The maximum atomic E-state index is 11.9. The summed E-state index contributed by atoms with van der Waals surface area (Å²) in [5, 5.41) is 0. The van der Waals surface area contributed by atoms with Gasteiger partial charge in [0.15, 0.2) is 15.9 Å². The molecule has 0 aliphatic heterocycles. The van der Waals surface area contributed by atoms with Gasteiger partial charge < -0.3 is 0 Å². The van der Waals surface area contributed by atoms with Gasteiger partial charge in [-0.25, -0.2) is 4.98 Å². The van der Waals surface area contributed by atoms with Gasteiger partial charge in [-0.15, -0.1) is 11.3 Å². The van der Waals surface area contributed by atoms with Gasteiger partial charge in [0, 0.05) is 24.7 Å². The summed E-state index contributed by atoms with van der Waals surface area (Å²) in [6.45, 7) is 3.39. The number of aryl methyl sites for hydroxylation is 1. The Morgan fingerprint density at radius 1 is 1.25 bits per heavy atom. The second-order valence-electron chi connectivity index (χ2n) is 4.34. The Labute approximate surface area is 126 Å². The molecule has 5 heteroatoms. The number of thioether (sulfide) groups is 1. The first-order valence-electron chi connectivity index (χ1n) is 6.27. The van der Waals surface area contributed by atoms with Crippen molar-refractivity contribution in [3.63, 3.8) is 0 Å². The van der Waals surface area contributed by atoms with E-state index in [0.717, 1.165) is 15.6 Å². The number of nitrogens with zero attached hydrogens (tertiary/aromatic N) is 1. The first-order valence-corrected chi connectivity index (χ1v) is 8.07. The molecule has 0 N–H and O–H groups in total. The standard InChI is InChI=1S/C15H15NO2S2/c1-10-14(11(2)17)20-15(16-10)19-9-8-13(18)12-6-4-3-5-7-12/h3-7H,8-9H2,1-2H3. The van der Waals surface area contributed by atoms with Gasteiger partial charge in [0.05, 0.1) is 10.6 Å². The largest absolute Gasteiger partial charge is 0.294 e. The van der Waals surface area contributed by atoms with E-state index in [1.807, 2.05) is 37.3 Å². The van der Waals surface area contributed by atoms with Crippen molar-refractivity contribution in [1.82, 2.24) is 4.98 Å². The zero-order valence-corrected chi connectivity index (χ0v) is 13.0. The predicted molar refractivity (Wildman–Crippen MR) is 83.0 cm³/mol. The molecule has 0 unspecified atom stereocenters. The molecule has 104 valence electrons. The highest BCUT2D eigenvalue weighted by Crippen LogP contribution is 2.28. The fourth-order valence-electron chi connectivity index (χ4n) is 1.76. The summed E-state index contributed by atoms with van der Waals surface area (Å²) in [6.07, 6.45) is 0.475. The smallest absolute Gasteiger partial charge is 0.171 e. The summed E-state index contributed by atoms with van der Waals surface area (Å²) in [7, 11) is 0. The summed E-state index contributed by atoms with van der Waals surface area (Å²) in [5.41, 5.74) is 1.52. The van der Waals surface area contributed by atoms with Gasteiger partial charge in [0.1, 0.15) is 0 Å². The lowest BCUT2D eigenvalue weighted by Crippen LogP contribution is -1.99. The minimum Gasteiger partial charge on any atom is -0.294 e. The molecule has 0 aliphatic rings. The normalized spacial score (nSPS) is 10.5. The number of hydrogen-bond acceptors (Lipinski definition) is 5. The number of aromatic nitrogens is 1. The van der Waals surface area contributed by atoms with E-state index >= 15 is 0 Å². The van der Waals surface area contributed by atoms with Crippen molar-refractivity contribution in [3.05, 3.63) is 46.5 Å². The summed E-state index contributed by atoms with van der Waals surface area (Å²) >= 11 is 2.94. The number of thiazole rings is 1. The molecule has 0 saturated carbocycles. The third kappa shape index (κ3) is 3.77. The van der Waals surface area contributed by atoms with Crippen LogP contribution in [-0.4, -0.2) is 22.3 Å². The first kappa shape index (κ1) is 14.9. The van der Waals surface area contributed by atoms with Crippen molar-refractivity contribution < 1.29 is 9.59 Å². The number of Topliss-reactive ketones (excluding diaryl/α,β-unsaturated/α-hetero) is 2. The van der Waals surface area contributed by atoms with E-state index < -0.39 is 0 Å². The van der Waals surface area contributed by atoms with Gasteiger partial charge in [0.2, 0.25) is 0 Å². The maximum Gasteiger partial charge on any atom is 0.171 e. The Kier molecular flexibility index (Phi) is 5.09. The van der Waals surface area contributed by atoms with Crippen LogP contribution in [0.4, 0.5) is 0 Å². The Morgan fingerprint density at radius 2 is 1.95 bits per heavy atom. The van der Waals surface area contributed by atoms with E-state index in [1.54, 1.807) is 6.92 Å². The van der Waals surface area contributed by atoms with Crippen LogP contribution in [0.1, 0.15) is 39.1 Å². The monoisotopic (exact) mass is 305 g/mol. The molecular weight excluding hydrogens is 290 g/mol. The molecule has 0 amide bonds. The van der Waals surface area contributed by atoms with Gasteiger partial charge >= 0.3 is 0 Å². The topological polar surface area (TPSA) is 47.0 Å². The molecule has 0 fully saturated rings. The van der Waals surface area contributed by atoms with E-state index in [9.17, 15) is 9.59 Å². The highest BCUT2D eigenvalue weighted by Gasteiger charge is 2.12. The number of ketones is 2. The molecule has 0 radical (unpaired) electrons. The molecule has 2 rings (SSSR count). The van der Waals surface area contributed by atoms with E-state index in [0.29, 0.717) is 17.1 Å². The van der Waals surface area contributed by atoms with Gasteiger partial charge in [-0.1, -0.05) is 42.1 Å². The van der Waals surface area contributed by atoms with E-state index in [2.05, 4.69) is 4.98 Å². The molecule has 1 aromatic carbocycles. The van der Waals surface area contributed by atoms with Crippen molar-refractivity contribution in [1.29, 1.82) is 0 Å². The second-order valence-corrected chi connectivity index (χ2v) is 6.68. The molecule has 0 atom stereocenters. The van der Waals surface area contributed by atoms with Crippen LogP contribution in [0.5, 0.6) is 0 Å². The van der Waals surface area contributed by atoms with Crippen LogP contribution in [0, 0.1) is 6.92 Å². The van der Waals surface area contributed by atoms with Crippen LogP contribution in [-0.2, 0) is 0 Å². The molecule has 20 heavy (non-hydrogen) atoms. The van der Waals surface area contributed by atoms with Crippen LogP contribution in [0.15, 0.2) is 34.7 Å². The van der Waals surface area contributed by atoms with Gasteiger partial charge in [-0.05, 0) is 6.92 Å². The van der Waals surface area contributed by atoms with E-state index in [1.165, 1.54) is 23.1 Å². The molecule has 0 aliphatic carbocycles. The molecule has 1 heterocycles. The lowest BCUT2D eigenvalue weighted by atomic mass is 10.1. The molecule has 0 spiro atoms. The Balaban J connectivity index is 1.89. The Hall–Kier alpha value is -1.46. The van der Waals surface area contributed by atoms with Gasteiger partial charge in [-0.2, -0.15) is 0 Å². The maximum absolute atomic E-state index is 11.9. The third-order valence-electron chi connectivity index (χ3n) is 2.75. The van der Waals surface area contributed by atoms with E-state index in [4.69, 9.17) is 0 Å². The average molecular weight is 305 g/mol. The van der Waals surface area contributed by atoms with Crippen LogP contribution in [0.3, 0.4) is 0 Å². The van der Waals surface area contributed by atoms with Crippen molar-refractivity contribution >= 4 is 34.7 Å². The highest BCUT2D eigenvalue weighted by molar-refractivity contribution is 8.01. The molecular formula is C15H15NO2S2. The van der Waals surface area contributed by atoms with Crippen molar-refractivity contribution in [3.8, 4) is 0 Å². The minimum absolute atomic E-state index is 0.0483. The van der Waals surface area contributed by atoms with Crippen molar-refractivity contribution in [2.45, 2.75) is 24.6 Å². The Bertz CT molecular complexity index is 620. The summed E-state index contributed by atoms with van der Waals surface area (Å²) in [4.78, 5) is 28.3. The summed E-state index contributed by atoms with van der Waals surface area (Å²) < 4.78 is 0.855. The van der Waals surface area contributed by atoms with Gasteiger partial charge in [0.25, 0.3) is 0 Å². The highest BCUT2D eigenvalue weighted by atomic mass is 32.2. The van der Waals surface area contributed by atoms with Crippen LogP contribution in [0.2, 0.25) is 0 Å². The SMILES string of the molecule is CC(=O)c1sc(SCCC(=O)c2ccccc2)nc1C. The lowest BCUT2D eigenvalue weighted by molar-refractivity contribution is 0.0987. The van der Waals surface area contributed by atoms with Crippen LogP contribution in [0.25, 0.3) is 0 Å². The molecule has 0 saturated heterocycles. The predicted octanol–water partition coefficient (Wildman–Crippen LogP) is 4.02. The molecule has 2 aromatic rings.